The molecule has 0 bridgehead atoms. The minimum Gasteiger partial charge on any atom is -0.354 e. The van der Waals surface area contributed by atoms with Crippen molar-refractivity contribution in [2.75, 3.05) is 11.9 Å². The second kappa shape index (κ2) is 7.07. The first-order valence-electron chi connectivity index (χ1n) is 5.77. The second-order valence-corrected chi connectivity index (χ2v) is 5.87. The highest BCUT2D eigenvalue weighted by atomic mass is 79.9. The third kappa shape index (κ3) is 4.33. The van der Waals surface area contributed by atoms with Gasteiger partial charge >= 0.3 is 0 Å². The van der Waals surface area contributed by atoms with Crippen molar-refractivity contribution in [2.45, 2.75) is 23.4 Å². The molecular weight excluding hydrogens is 348 g/mol. The van der Waals surface area contributed by atoms with E-state index in [1.165, 1.54) is 11.8 Å². The van der Waals surface area contributed by atoms with Gasteiger partial charge in [-0.25, -0.2) is 0 Å². The smallest absolute Gasteiger partial charge is 0.228 e. The van der Waals surface area contributed by atoms with E-state index in [0.717, 1.165) is 22.3 Å². The number of benzene rings is 1. The standard InChI is InChI=1S/C12H12BrClN4S/c1-2-7-15-11-16-10(14)17-12(18-11)19-9-6-4-3-5-8(9)13/h3-6H,2,7H2,1H3,(H,15,16,17,18). The van der Waals surface area contributed by atoms with Crippen LogP contribution in [0.2, 0.25) is 5.28 Å². The molecule has 0 unspecified atom stereocenters. The second-order valence-electron chi connectivity index (χ2n) is 3.67. The van der Waals surface area contributed by atoms with Crippen molar-refractivity contribution < 1.29 is 0 Å². The van der Waals surface area contributed by atoms with Gasteiger partial charge in [0.2, 0.25) is 11.2 Å². The molecule has 0 amide bonds. The normalized spacial score (nSPS) is 10.5. The molecule has 0 fully saturated rings. The van der Waals surface area contributed by atoms with Crippen molar-refractivity contribution in [1.82, 2.24) is 15.0 Å². The highest BCUT2D eigenvalue weighted by Crippen LogP contribution is 2.31. The van der Waals surface area contributed by atoms with E-state index in [0.29, 0.717) is 11.1 Å². The Kier molecular flexibility index (Phi) is 5.42. The summed E-state index contributed by atoms with van der Waals surface area (Å²) in [5, 5.41) is 3.88. The number of anilines is 1. The van der Waals surface area contributed by atoms with E-state index >= 15 is 0 Å². The SMILES string of the molecule is CCCNc1nc(Cl)nc(Sc2ccccc2Br)n1. The topological polar surface area (TPSA) is 50.7 Å². The Bertz CT molecular complexity index is 567. The van der Waals surface area contributed by atoms with Gasteiger partial charge in [-0.1, -0.05) is 19.1 Å². The van der Waals surface area contributed by atoms with Crippen LogP contribution in [0.1, 0.15) is 13.3 Å². The van der Waals surface area contributed by atoms with Gasteiger partial charge < -0.3 is 5.32 Å². The molecule has 1 aromatic heterocycles. The Morgan fingerprint density at radius 2 is 2.05 bits per heavy atom. The number of halogens is 2. The number of hydrogen-bond acceptors (Lipinski definition) is 5. The van der Waals surface area contributed by atoms with Crippen molar-refractivity contribution in [3.05, 3.63) is 34.0 Å². The molecule has 19 heavy (non-hydrogen) atoms. The Balaban J connectivity index is 2.20. The van der Waals surface area contributed by atoms with Crippen molar-refractivity contribution in [3.63, 3.8) is 0 Å². The lowest BCUT2D eigenvalue weighted by Crippen LogP contribution is -2.06. The number of aromatic nitrogens is 3. The van der Waals surface area contributed by atoms with E-state index in [4.69, 9.17) is 11.6 Å². The Labute approximate surface area is 129 Å². The predicted octanol–water partition coefficient (Wildman–Crippen LogP) is 4.26. The number of hydrogen-bond donors (Lipinski definition) is 1. The van der Waals surface area contributed by atoms with E-state index in [1.54, 1.807) is 0 Å². The van der Waals surface area contributed by atoms with Gasteiger partial charge in [0.05, 0.1) is 0 Å². The maximum Gasteiger partial charge on any atom is 0.228 e. The molecular formula is C12H12BrClN4S. The van der Waals surface area contributed by atoms with Crippen LogP contribution in [0, 0.1) is 0 Å². The van der Waals surface area contributed by atoms with E-state index in [1.807, 2.05) is 24.3 Å². The molecule has 0 spiro atoms. The number of nitrogens with one attached hydrogen (secondary N) is 1. The molecule has 7 heteroatoms. The average molecular weight is 360 g/mol. The summed E-state index contributed by atoms with van der Waals surface area (Å²) in [6, 6.07) is 7.89. The molecule has 0 aliphatic carbocycles. The summed E-state index contributed by atoms with van der Waals surface area (Å²) in [6.45, 7) is 2.88. The van der Waals surface area contributed by atoms with Crippen LogP contribution in [0.3, 0.4) is 0 Å². The fraction of sp³-hybridized carbons (Fsp3) is 0.250. The Hall–Kier alpha value is -0.850. The number of nitrogens with zero attached hydrogens (tertiary/aromatic N) is 3. The highest BCUT2D eigenvalue weighted by molar-refractivity contribution is 9.10. The van der Waals surface area contributed by atoms with Gasteiger partial charge in [-0.15, -0.1) is 0 Å². The lowest BCUT2D eigenvalue weighted by molar-refractivity contribution is 0.878. The fourth-order valence-corrected chi connectivity index (χ4v) is 2.83. The maximum absolute atomic E-state index is 5.91. The summed E-state index contributed by atoms with van der Waals surface area (Å²) < 4.78 is 1.000. The van der Waals surface area contributed by atoms with E-state index < -0.39 is 0 Å². The summed E-state index contributed by atoms with van der Waals surface area (Å²) in [5.41, 5.74) is 0. The van der Waals surface area contributed by atoms with Crippen molar-refractivity contribution in [2.24, 2.45) is 0 Å². The quantitative estimate of drug-likeness (QED) is 0.864. The van der Waals surface area contributed by atoms with Gasteiger partial charge in [0.1, 0.15) is 0 Å². The Morgan fingerprint density at radius 3 is 2.79 bits per heavy atom. The molecule has 100 valence electrons. The Morgan fingerprint density at radius 1 is 1.26 bits per heavy atom. The number of rotatable bonds is 5. The average Bonchev–Trinajstić information content (AvgIpc) is 2.38. The van der Waals surface area contributed by atoms with E-state index in [9.17, 15) is 0 Å². The largest absolute Gasteiger partial charge is 0.354 e. The van der Waals surface area contributed by atoms with Crippen molar-refractivity contribution >= 4 is 45.2 Å². The van der Waals surface area contributed by atoms with Gasteiger partial charge in [-0.2, -0.15) is 15.0 Å². The van der Waals surface area contributed by atoms with Crippen molar-refractivity contribution in [1.29, 1.82) is 0 Å². The van der Waals surface area contributed by atoms with Crippen LogP contribution in [0.15, 0.2) is 38.8 Å². The van der Waals surface area contributed by atoms with E-state index in [2.05, 4.69) is 43.1 Å². The zero-order valence-electron chi connectivity index (χ0n) is 10.2. The minimum atomic E-state index is 0.197. The fourth-order valence-electron chi connectivity index (χ4n) is 1.32. The van der Waals surface area contributed by atoms with Crippen LogP contribution in [0.5, 0.6) is 0 Å². The maximum atomic E-state index is 5.91. The molecule has 1 N–H and O–H groups in total. The lowest BCUT2D eigenvalue weighted by atomic mass is 10.4. The third-order valence-electron chi connectivity index (χ3n) is 2.16. The predicted molar refractivity (Wildman–Crippen MR) is 81.9 cm³/mol. The van der Waals surface area contributed by atoms with Gasteiger partial charge in [-0.3, -0.25) is 0 Å². The molecule has 0 saturated carbocycles. The molecule has 1 heterocycles. The first kappa shape index (κ1) is 14.6. The van der Waals surface area contributed by atoms with Gasteiger partial charge in [0.25, 0.3) is 0 Å². The molecule has 0 radical (unpaired) electrons. The van der Waals surface area contributed by atoms with Gasteiger partial charge in [0.15, 0.2) is 5.16 Å². The molecule has 4 nitrogen and oxygen atoms in total. The summed E-state index contributed by atoms with van der Waals surface area (Å²) in [6.07, 6.45) is 0.996. The van der Waals surface area contributed by atoms with E-state index in [-0.39, 0.29) is 5.28 Å². The van der Waals surface area contributed by atoms with Crippen LogP contribution in [0.25, 0.3) is 0 Å². The van der Waals surface area contributed by atoms with Gasteiger partial charge in [-0.05, 0) is 57.8 Å². The zero-order valence-corrected chi connectivity index (χ0v) is 13.4. The summed E-state index contributed by atoms with van der Waals surface area (Å²) in [5.74, 6) is 0.511. The summed E-state index contributed by atoms with van der Waals surface area (Å²) in [4.78, 5) is 13.5. The first-order valence-corrected chi connectivity index (χ1v) is 7.75. The van der Waals surface area contributed by atoms with Crippen LogP contribution in [-0.2, 0) is 0 Å². The molecule has 0 atom stereocenters. The molecule has 0 saturated heterocycles. The zero-order chi connectivity index (χ0) is 13.7. The summed E-state index contributed by atoms with van der Waals surface area (Å²) >= 11 is 10.8. The minimum absolute atomic E-state index is 0.197. The van der Waals surface area contributed by atoms with Gasteiger partial charge in [0, 0.05) is 15.9 Å². The molecule has 2 aromatic rings. The lowest BCUT2D eigenvalue weighted by Gasteiger charge is -2.06. The van der Waals surface area contributed by atoms with Crippen LogP contribution in [0.4, 0.5) is 5.95 Å². The van der Waals surface area contributed by atoms with Crippen LogP contribution >= 0.6 is 39.3 Å². The third-order valence-corrected chi connectivity index (χ3v) is 4.22. The highest BCUT2D eigenvalue weighted by Gasteiger charge is 2.08. The molecule has 1 aromatic carbocycles. The van der Waals surface area contributed by atoms with Crippen LogP contribution < -0.4 is 5.32 Å². The first-order chi connectivity index (χ1) is 9.19. The van der Waals surface area contributed by atoms with Crippen molar-refractivity contribution in [3.8, 4) is 0 Å². The molecule has 0 aliphatic rings. The monoisotopic (exact) mass is 358 g/mol. The van der Waals surface area contributed by atoms with Crippen LogP contribution in [-0.4, -0.2) is 21.5 Å². The molecule has 2 rings (SSSR count). The molecule has 0 aliphatic heterocycles. The summed E-state index contributed by atoms with van der Waals surface area (Å²) in [7, 11) is 0.